The summed E-state index contributed by atoms with van der Waals surface area (Å²) in [5.41, 5.74) is 0. The highest BCUT2D eigenvalue weighted by Gasteiger charge is 1.86. The van der Waals surface area contributed by atoms with Crippen LogP contribution in [0.2, 0.25) is 0 Å². The molecule has 0 bridgehead atoms. The molecule has 1 N–H and O–H groups in total. The molecule has 0 aliphatic rings. The van der Waals surface area contributed by atoms with E-state index in [0.29, 0.717) is 0 Å². The van der Waals surface area contributed by atoms with Gasteiger partial charge in [0.05, 0.1) is 0 Å². The van der Waals surface area contributed by atoms with Gasteiger partial charge in [-0.2, -0.15) is 8.42 Å². The second-order valence-corrected chi connectivity index (χ2v) is 2.98. The predicted molar refractivity (Wildman–Crippen MR) is 35.0 cm³/mol. The average Bonchev–Trinajstić information content (AvgIpc) is 1.61. The number of hydrogen-bond donors (Lipinski definition) is 1. The van der Waals surface area contributed by atoms with Crippen molar-refractivity contribution in [3.05, 3.63) is 0 Å². The largest absolute Gasteiger partial charge is 0.385 e. The van der Waals surface area contributed by atoms with Gasteiger partial charge in [-0.05, 0) is 6.92 Å². The van der Waals surface area contributed by atoms with Crippen molar-refractivity contribution in [2.45, 2.75) is 6.92 Å². The van der Waals surface area contributed by atoms with E-state index in [1.165, 1.54) is 0 Å². The lowest BCUT2D eigenvalue weighted by molar-refractivity contribution is 0.215. The molecule has 9 heavy (non-hydrogen) atoms. The summed E-state index contributed by atoms with van der Waals surface area (Å²) >= 11 is 0. The van der Waals surface area contributed by atoms with E-state index < -0.39 is 9.33 Å². The van der Waals surface area contributed by atoms with Gasteiger partial charge >= 0.3 is 9.33 Å². The van der Waals surface area contributed by atoms with Gasteiger partial charge in [0.15, 0.2) is 0 Å². The van der Waals surface area contributed by atoms with Crippen molar-refractivity contribution in [1.82, 2.24) is 0 Å². The minimum Gasteiger partial charge on any atom is -0.385 e. The molecule has 58 valence electrons. The van der Waals surface area contributed by atoms with Crippen LogP contribution in [0.3, 0.4) is 0 Å². The van der Waals surface area contributed by atoms with Crippen LogP contribution in [-0.4, -0.2) is 26.7 Å². The highest BCUT2D eigenvalue weighted by molar-refractivity contribution is 8.09. The van der Waals surface area contributed by atoms with E-state index in [-0.39, 0.29) is 0 Å². The minimum atomic E-state index is -4.19. The van der Waals surface area contributed by atoms with Gasteiger partial charge in [0, 0.05) is 24.4 Å². The summed E-state index contributed by atoms with van der Waals surface area (Å²) in [5.74, 6) is 0. The van der Waals surface area contributed by atoms with E-state index in [1.54, 1.807) is 7.11 Å². The third-order valence-electron chi connectivity index (χ3n) is 0.289. The summed E-state index contributed by atoms with van der Waals surface area (Å²) < 4.78 is 29.7. The molecular weight excluding hydrogens is 168 g/mol. The van der Waals surface area contributed by atoms with Crippen LogP contribution in [0.4, 0.5) is 0 Å². The number of hydrogen-bond acceptors (Lipinski definition) is 3. The number of rotatable bonds is 1. The molecule has 0 rings (SSSR count). The lowest BCUT2D eigenvalue weighted by atomic mass is 10.9. The fourth-order valence-corrected chi connectivity index (χ4v) is 0. The summed E-state index contributed by atoms with van der Waals surface area (Å²) in [6.07, 6.45) is 0. The highest BCUT2D eigenvalue weighted by atomic mass is 35.7. The smallest absolute Gasteiger partial charge is 0.353 e. The molecule has 0 fully saturated rings. The molecule has 0 aromatic heterocycles. The predicted octanol–water partition coefficient (Wildman–Crippen LogP) is 0.681. The standard InChI is InChI=1S/C3H8O.ClHO3S/c1-3-4-2;1-5(2,3)4/h3H2,1-2H3;(H,2,3,4). The van der Waals surface area contributed by atoms with Gasteiger partial charge in [0.2, 0.25) is 0 Å². The van der Waals surface area contributed by atoms with Crippen LogP contribution in [0.1, 0.15) is 6.92 Å². The van der Waals surface area contributed by atoms with Crippen molar-refractivity contribution in [2.75, 3.05) is 13.7 Å². The number of halogens is 1. The van der Waals surface area contributed by atoms with Gasteiger partial charge in [-0.25, -0.2) is 0 Å². The van der Waals surface area contributed by atoms with Crippen molar-refractivity contribution in [3.63, 3.8) is 0 Å². The quantitative estimate of drug-likeness (QED) is 0.472. The molecule has 0 atom stereocenters. The van der Waals surface area contributed by atoms with Crippen LogP contribution in [0.5, 0.6) is 0 Å². The van der Waals surface area contributed by atoms with E-state index >= 15 is 0 Å². The molecule has 0 saturated carbocycles. The van der Waals surface area contributed by atoms with Crippen LogP contribution in [0.25, 0.3) is 0 Å². The first-order chi connectivity index (χ1) is 3.91. The second-order valence-electron chi connectivity index (χ2n) is 0.989. The Morgan fingerprint density at radius 1 is 1.67 bits per heavy atom. The second kappa shape index (κ2) is 6.28. The third kappa shape index (κ3) is 230. The highest BCUT2D eigenvalue weighted by Crippen LogP contribution is 1.82. The Kier molecular flexibility index (Phi) is 8.31. The van der Waals surface area contributed by atoms with Gasteiger partial charge in [0.25, 0.3) is 0 Å². The maximum absolute atomic E-state index is 8.95. The molecule has 0 saturated heterocycles. The summed E-state index contributed by atoms with van der Waals surface area (Å²) in [5, 5.41) is 0. The molecule has 6 heteroatoms. The summed E-state index contributed by atoms with van der Waals surface area (Å²) in [7, 11) is 1.54. The minimum absolute atomic E-state index is 0.819. The van der Waals surface area contributed by atoms with E-state index in [1.807, 2.05) is 6.92 Å². The Labute approximate surface area is 59.0 Å². The summed E-state index contributed by atoms with van der Waals surface area (Å²) in [6.45, 7) is 2.78. The molecule has 0 unspecified atom stereocenters. The fourth-order valence-electron chi connectivity index (χ4n) is 0. The Morgan fingerprint density at radius 2 is 1.78 bits per heavy atom. The van der Waals surface area contributed by atoms with Gasteiger partial charge < -0.3 is 4.74 Å². The van der Waals surface area contributed by atoms with E-state index in [0.717, 1.165) is 6.61 Å². The number of methoxy groups -OCH3 is 1. The molecule has 0 spiro atoms. The van der Waals surface area contributed by atoms with Gasteiger partial charge in [-0.15, -0.1) is 0 Å². The van der Waals surface area contributed by atoms with Crippen LogP contribution in [0, 0.1) is 0 Å². The van der Waals surface area contributed by atoms with Crippen molar-refractivity contribution >= 4 is 20.0 Å². The fraction of sp³-hybridized carbons (Fsp3) is 1.00. The average molecular weight is 177 g/mol. The molecule has 0 heterocycles. The first kappa shape index (κ1) is 11.9. The normalized spacial score (nSPS) is 9.78. The Balaban J connectivity index is 0. The van der Waals surface area contributed by atoms with Crippen LogP contribution in [0.15, 0.2) is 0 Å². The Bertz CT molecular complexity index is 119. The van der Waals surface area contributed by atoms with Gasteiger partial charge in [-0.1, -0.05) is 0 Å². The maximum atomic E-state index is 8.95. The molecule has 4 nitrogen and oxygen atoms in total. The van der Waals surface area contributed by atoms with Crippen molar-refractivity contribution in [2.24, 2.45) is 0 Å². The Morgan fingerprint density at radius 3 is 1.78 bits per heavy atom. The Hall–Kier alpha value is 0.160. The lowest BCUT2D eigenvalue weighted by Crippen LogP contribution is -1.77. The van der Waals surface area contributed by atoms with E-state index in [2.05, 4.69) is 15.4 Å². The van der Waals surface area contributed by atoms with Crippen LogP contribution < -0.4 is 0 Å². The molecule has 0 aromatic rings. The zero-order valence-electron chi connectivity index (χ0n) is 5.17. The van der Waals surface area contributed by atoms with Crippen molar-refractivity contribution in [3.8, 4) is 0 Å². The van der Waals surface area contributed by atoms with E-state index in [9.17, 15) is 0 Å². The molecular formula is C3H9ClO4S. The molecule has 0 aliphatic carbocycles. The van der Waals surface area contributed by atoms with Crippen molar-refractivity contribution in [1.29, 1.82) is 0 Å². The topological polar surface area (TPSA) is 63.6 Å². The van der Waals surface area contributed by atoms with Gasteiger partial charge in [0.1, 0.15) is 0 Å². The van der Waals surface area contributed by atoms with Crippen molar-refractivity contribution < 1.29 is 17.7 Å². The van der Waals surface area contributed by atoms with E-state index in [4.69, 9.17) is 13.0 Å². The zero-order chi connectivity index (χ0) is 7.91. The monoisotopic (exact) mass is 176 g/mol. The van der Waals surface area contributed by atoms with Gasteiger partial charge in [-0.3, -0.25) is 4.55 Å². The summed E-state index contributed by atoms with van der Waals surface area (Å²) in [6, 6.07) is 0. The lowest BCUT2D eigenvalue weighted by Gasteiger charge is -1.76. The third-order valence-corrected chi connectivity index (χ3v) is 0.289. The number of ether oxygens (including phenoxy) is 1. The molecule has 0 radical (unpaired) electrons. The maximum Gasteiger partial charge on any atom is 0.353 e. The molecule has 0 amide bonds. The SMILES string of the molecule is CCOC.O=S(=O)(O)Cl. The zero-order valence-corrected chi connectivity index (χ0v) is 6.74. The molecule has 0 aliphatic heterocycles. The summed E-state index contributed by atoms with van der Waals surface area (Å²) in [4.78, 5) is 0. The first-order valence-electron chi connectivity index (χ1n) is 2.07. The van der Waals surface area contributed by atoms with Crippen LogP contribution >= 0.6 is 10.7 Å². The van der Waals surface area contributed by atoms with Crippen LogP contribution in [-0.2, 0) is 14.1 Å². The molecule has 0 aromatic carbocycles. The first-order valence-corrected chi connectivity index (χ1v) is 4.34.